The van der Waals surface area contributed by atoms with Crippen LogP contribution in [0.15, 0.2) is 42.5 Å². The Kier molecular flexibility index (Phi) is 3.94. The van der Waals surface area contributed by atoms with Gasteiger partial charge < -0.3 is 19.7 Å². The van der Waals surface area contributed by atoms with Crippen molar-refractivity contribution >= 4 is 40.8 Å². The van der Waals surface area contributed by atoms with Crippen molar-refractivity contribution in [1.82, 2.24) is 0 Å². The van der Waals surface area contributed by atoms with Crippen molar-refractivity contribution in [3.63, 3.8) is 0 Å². The molecule has 0 amide bonds. The third kappa shape index (κ3) is 2.26. The largest absolute Gasteiger partial charge is 0.508 e. The summed E-state index contributed by atoms with van der Waals surface area (Å²) in [7, 11) is 0. The summed E-state index contributed by atoms with van der Waals surface area (Å²) < 4.78 is 12.0. The maximum Gasteiger partial charge on any atom is 0.340 e. The van der Waals surface area contributed by atoms with E-state index in [9.17, 15) is 15.0 Å². The number of phenols is 2. The second-order valence-corrected chi connectivity index (χ2v) is 7.71. The van der Waals surface area contributed by atoms with E-state index in [1.807, 2.05) is 0 Å². The van der Waals surface area contributed by atoms with Gasteiger partial charge in [0, 0.05) is 17.2 Å². The molecular formula is C21H11Cl3O5. The Morgan fingerprint density at radius 2 is 1.76 bits per heavy atom. The van der Waals surface area contributed by atoms with Gasteiger partial charge in [0.1, 0.15) is 28.0 Å². The first-order valence-corrected chi connectivity index (χ1v) is 9.82. The van der Waals surface area contributed by atoms with Crippen LogP contribution in [0.4, 0.5) is 0 Å². The molecule has 0 radical (unpaired) electrons. The summed E-state index contributed by atoms with van der Waals surface area (Å²) in [5.74, 6) is -0.663. The Balaban J connectivity index is 1.99. The molecule has 0 saturated heterocycles. The van der Waals surface area contributed by atoms with E-state index in [4.69, 9.17) is 44.3 Å². The molecule has 2 heterocycles. The van der Waals surface area contributed by atoms with E-state index in [1.54, 1.807) is 30.3 Å². The molecule has 1 atom stereocenters. The number of halogens is 3. The van der Waals surface area contributed by atoms with Crippen LogP contribution in [-0.2, 0) is 16.2 Å². The Morgan fingerprint density at radius 1 is 1.00 bits per heavy atom. The molecule has 0 aliphatic carbocycles. The van der Waals surface area contributed by atoms with Gasteiger partial charge in [-0.05, 0) is 18.2 Å². The average Bonchev–Trinajstić information content (AvgIpc) is 2.99. The maximum absolute atomic E-state index is 12.8. The Morgan fingerprint density at radius 3 is 2.52 bits per heavy atom. The number of carbonyl (C=O) groups excluding carboxylic acids is 1. The molecule has 0 saturated carbocycles. The minimum Gasteiger partial charge on any atom is -0.508 e. The highest BCUT2D eigenvalue weighted by Crippen LogP contribution is 2.61. The number of hydrogen-bond acceptors (Lipinski definition) is 5. The van der Waals surface area contributed by atoms with Gasteiger partial charge in [0.25, 0.3) is 0 Å². The molecule has 0 aromatic heterocycles. The van der Waals surface area contributed by atoms with Gasteiger partial charge in [-0.1, -0.05) is 41.4 Å². The van der Waals surface area contributed by atoms with Gasteiger partial charge in [0.15, 0.2) is 5.60 Å². The Labute approximate surface area is 180 Å². The van der Waals surface area contributed by atoms with Crippen LogP contribution in [0.1, 0.15) is 32.6 Å². The van der Waals surface area contributed by atoms with E-state index in [0.717, 1.165) is 0 Å². The highest BCUT2D eigenvalue weighted by molar-refractivity contribution is 6.44. The van der Waals surface area contributed by atoms with Crippen molar-refractivity contribution in [2.75, 3.05) is 0 Å². The van der Waals surface area contributed by atoms with Crippen molar-refractivity contribution < 1.29 is 24.5 Å². The molecule has 5 nitrogen and oxygen atoms in total. The fourth-order valence-electron chi connectivity index (χ4n) is 3.99. The third-order valence-electron chi connectivity index (χ3n) is 5.22. The zero-order chi connectivity index (χ0) is 20.5. The topological polar surface area (TPSA) is 76.0 Å². The van der Waals surface area contributed by atoms with Crippen LogP contribution in [0.25, 0.3) is 0 Å². The van der Waals surface area contributed by atoms with Crippen LogP contribution in [0.5, 0.6) is 23.0 Å². The van der Waals surface area contributed by atoms with Gasteiger partial charge in [-0.3, -0.25) is 0 Å². The number of alkyl halides is 1. The van der Waals surface area contributed by atoms with E-state index < -0.39 is 11.6 Å². The molecule has 8 heteroatoms. The zero-order valence-corrected chi connectivity index (χ0v) is 16.8. The van der Waals surface area contributed by atoms with Crippen molar-refractivity contribution in [2.24, 2.45) is 0 Å². The lowest BCUT2D eigenvalue weighted by Gasteiger charge is -2.38. The lowest BCUT2D eigenvalue weighted by molar-refractivity contribution is 0.0224. The van der Waals surface area contributed by atoms with Gasteiger partial charge in [-0.15, -0.1) is 11.6 Å². The molecule has 2 aliphatic rings. The first-order valence-electron chi connectivity index (χ1n) is 8.53. The van der Waals surface area contributed by atoms with E-state index >= 15 is 0 Å². The molecular weight excluding hydrogens is 439 g/mol. The molecule has 3 aromatic rings. The standard InChI is InChI=1S/C21H11Cl3O5/c22-8-11-18(26)17(24)16(23)15-19(11)28-14-7-9(25)5-6-13(14)21(15)12-4-2-1-3-10(12)20(27)29-21/h1-7,25-26H,8H2. The normalized spacial score (nSPS) is 18.7. The predicted molar refractivity (Wildman–Crippen MR) is 108 cm³/mol. The molecule has 146 valence electrons. The molecule has 5 rings (SSSR count). The van der Waals surface area contributed by atoms with Gasteiger partial charge in [0.2, 0.25) is 0 Å². The fraction of sp³-hybridized carbons (Fsp3) is 0.0952. The second kappa shape index (κ2) is 6.20. The lowest BCUT2D eigenvalue weighted by Crippen LogP contribution is -2.34. The number of benzene rings is 3. The minimum absolute atomic E-state index is 0.0174. The van der Waals surface area contributed by atoms with Crippen LogP contribution in [0.2, 0.25) is 10.0 Å². The number of ether oxygens (including phenoxy) is 2. The molecule has 1 spiro atoms. The van der Waals surface area contributed by atoms with Crippen molar-refractivity contribution in [2.45, 2.75) is 11.5 Å². The number of carbonyl (C=O) groups is 1. The molecule has 0 fully saturated rings. The third-order valence-corrected chi connectivity index (χ3v) is 6.33. The van der Waals surface area contributed by atoms with Gasteiger partial charge in [-0.25, -0.2) is 4.79 Å². The fourth-order valence-corrected chi connectivity index (χ4v) is 4.75. The number of hydrogen-bond donors (Lipinski definition) is 2. The SMILES string of the molecule is O=C1OC2(c3ccc(O)cc3Oc3c(CCl)c(O)c(Cl)c(Cl)c32)c2ccccc21. The summed E-state index contributed by atoms with van der Waals surface area (Å²) in [4.78, 5) is 12.8. The number of rotatable bonds is 1. The molecule has 2 N–H and O–H groups in total. The summed E-state index contributed by atoms with van der Waals surface area (Å²) in [6.07, 6.45) is 0. The lowest BCUT2D eigenvalue weighted by atomic mass is 9.77. The van der Waals surface area contributed by atoms with Crippen molar-refractivity contribution in [3.05, 3.63) is 80.3 Å². The summed E-state index contributed by atoms with van der Waals surface area (Å²) >= 11 is 18.9. The van der Waals surface area contributed by atoms with E-state index in [1.165, 1.54) is 12.1 Å². The maximum atomic E-state index is 12.8. The smallest absolute Gasteiger partial charge is 0.340 e. The number of esters is 1. The highest BCUT2D eigenvalue weighted by Gasteiger charge is 2.55. The monoisotopic (exact) mass is 448 g/mol. The van der Waals surface area contributed by atoms with Crippen LogP contribution >= 0.6 is 34.8 Å². The van der Waals surface area contributed by atoms with E-state index in [2.05, 4.69) is 0 Å². The molecule has 2 aliphatic heterocycles. The predicted octanol–water partition coefficient (Wildman–Crippen LogP) is 5.71. The van der Waals surface area contributed by atoms with Crippen LogP contribution in [0.3, 0.4) is 0 Å². The molecule has 1 unspecified atom stereocenters. The van der Waals surface area contributed by atoms with E-state index in [0.29, 0.717) is 16.7 Å². The molecule has 29 heavy (non-hydrogen) atoms. The number of fused-ring (bicyclic) bond motifs is 6. The van der Waals surface area contributed by atoms with Crippen LogP contribution in [-0.4, -0.2) is 16.2 Å². The molecule has 0 bridgehead atoms. The zero-order valence-electron chi connectivity index (χ0n) is 14.5. The van der Waals surface area contributed by atoms with Crippen LogP contribution < -0.4 is 4.74 Å². The van der Waals surface area contributed by atoms with Gasteiger partial charge in [0.05, 0.1) is 27.6 Å². The van der Waals surface area contributed by atoms with Gasteiger partial charge >= 0.3 is 5.97 Å². The highest BCUT2D eigenvalue weighted by atomic mass is 35.5. The van der Waals surface area contributed by atoms with Gasteiger partial charge in [-0.2, -0.15) is 0 Å². The number of phenolic OH excluding ortho intramolecular Hbond substituents is 2. The first kappa shape index (κ1) is 18.4. The average molecular weight is 450 g/mol. The first-order chi connectivity index (χ1) is 13.9. The number of aromatic hydroxyl groups is 2. The van der Waals surface area contributed by atoms with Crippen LogP contribution in [0, 0.1) is 0 Å². The summed E-state index contributed by atoms with van der Waals surface area (Å²) in [5.41, 5.74) is 0.376. The summed E-state index contributed by atoms with van der Waals surface area (Å²) in [6.45, 7) is 0. The quantitative estimate of drug-likeness (QED) is 0.367. The van der Waals surface area contributed by atoms with Crippen molar-refractivity contribution in [1.29, 1.82) is 0 Å². The molecule has 3 aromatic carbocycles. The summed E-state index contributed by atoms with van der Waals surface area (Å²) in [6, 6.07) is 11.4. The van der Waals surface area contributed by atoms with E-state index in [-0.39, 0.29) is 50.1 Å². The minimum atomic E-state index is -1.47. The van der Waals surface area contributed by atoms with Crippen molar-refractivity contribution in [3.8, 4) is 23.0 Å². The Bertz CT molecular complexity index is 1220. The second-order valence-electron chi connectivity index (χ2n) is 6.69. The summed E-state index contributed by atoms with van der Waals surface area (Å²) in [5, 5.41) is 20.3. The Hall–Kier alpha value is -2.60.